The highest BCUT2D eigenvalue weighted by atomic mass is 19.4. The molecule has 0 aromatic rings. The topological polar surface area (TPSA) is 35.8 Å². The minimum atomic E-state index is -5.80. The van der Waals surface area contributed by atoms with E-state index in [4.69, 9.17) is 5.11 Å². The summed E-state index contributed by atoms with van der Waals surface area (Å²) in [6, 6.07) is 0. The highest BCUT2D eigenvalue weighted by molar-refractivity contribution is 5.82. The molecule has 1 heterocycles. The number of hydrazone groups is 1. The zero-order valence-electron chi connectivity index (χ0n) is 11.6. The summed E-state index contributed by atoms with van der Waals surface area (Å²) >= 11 is 0. The number of aliphatic hydroxyl groups is 1. The first-order valence-electron chi connectivity index (χ1n) is 6.62. The zero-order chi connectivity index (χ0) is 16.3. The molecule has 0 spiro atoms. The van der Waals surface area contributed by atoms with Crippen LogP contribution in [0.2, 0.25) is 0 Å². The van der Waals surface area contributed by atoms with Gasteiger partial charge in [0, 0.05) is 25.2 Å². The SMILES string of the molecule is CC(CC(O)(C(F)(F)F)C(F)(F)F)=NN1CCCCCC1. The van der Waals surface area contributed by atoms with Gasteiger partial charge in [-0.25, -0.2) is 0 Å². The Labute approximate surface area is 118 Å². The second-order valence-electron chi connectivity index (χ2n) is 5.24. The minimum Gasteiger partial charge on any atom is -0.373 e. The van der Waals surface area contributed by atoms with Crippen LogP contribution in [-0.2, 0) is 0 Å². The van der Waals surface area contributed by atoms with Crippen molar-refractivity contribution in [1.82, 2.24) is 5.01 Å². The Hall–Kier alpha value is -0.990. The Morgan fingerprint density at radius 1 is 0.952 bits per heavy atom. The monoisotopic (exact) mass is 320 g/mol. The average molecular weight is 320 g/mol. The Bertz CT molecular complexity index is 355. The lowest BCUT2D eigenvalue weighted by molar-refractivity contribution is -0.365. The molecule has 9 heteroatoms. The van der Waals surface area contributed by atoms with Gasteiger partial charge in [-0.1, -0.05) is 12.8 Å². The van der Waals surface area contributed by atoms with Gasteiger partial charge in [-0.15, -0.1) is 0 Å². The van der Waals surface area contributed by atoms with Gasteiger partial charge in [0.15, 0.2) is 0 Å². The second kappa shape index (κ2) is 6.41. The smallest absolute Gasteiger partial charge is 0.373 e. The fourth-order valence-electron chi connectivity index (χ4n) is 2.16. The predicted octanol–water partition coefficient (Wildman–Crippen LogP) is 3.48. The van der Waals surface area contributed by atoms with Crippen molar-refractivity contribution in [2.45, 2.75) is 57.0 Å². The number of alkyl halides is 6. The van der Waals surface area contributed by atoms with Gasteiger partial charge in [0.05, 0.1) is 0 Å². The summed E-state index contributed by atoms with van der Waals surface area (Å²) in [5.41, 5.74) is -5.16. The molecular weight excluding hydrogens is 302 g/mol. The number of halogens is 6. The molecule has 0 radical (unpaired) electrons. The van der Waals surface area contributed by atoms with Gasteiger partial charge < -0.3 is 5.11 Å². The lowest BCUT2D eigenvalue weighted by Crippen LogP contribution is -2.57. The molecule has 21 heavy (non-hydrogen) atoms. The van der Waals surface area contributed by atoms with Crippen LogP contribution in [0.5, 0.6) is 0 Å². The fourth-order valence-corrected chi connectivity index (χ4v) is 2.16. The van der Waals surface area contributed by atoms with Crippen LogP contribution < -0.4 is 0 Å². The van der Waals surface area contributed by atoms with Crippen LogP contribution in [0.15, 0.2) is 5.10 Å². The Morgan fingerprint density at radius 2 is 1.38 bits per heavy atom. The van der Waals surface area contributed by atoms with E-state index in [1.54, 1.807) is 0 Å². The van der Waals surface area contributed by atoms with Crippen LogP contribution in [-0.4, -0.2) is 46.9 Å². The molecule has 1 aliphatic heterocycles. The Kier molecular flexibility index (Phi) is 5.51. The van der Waals surface area contributed by atoms with Gasteiger partial charge in [0.2, 0.25) is 0 Å². The molecular formula is C12H18F6N2O. The Morgan fingerprint density at radius 3 is 1.76 bits per heavy atom. The average Bonchev–Trinajstić information content (AvgIpc) is 2.54. The summed E-state index contributed by atoms with van der Waals surface area (Å²) in [7, 11) is 0. The third-order valence-electron chi connectivity index (χ3n) is 3.34. The summed E-state index contributed by atoms with van der Waals surface area (Å²) < 4.78 is 75.4. The van der Waals surface area contributed by atoms with Crippen LogP contribution in [0.25, 0.3) is 0 Å². The van der Waals surface area contributed by atoms with Gasteiger partial charge in [0.1, 0.15) is 0 Å². The standard InChI is InChI=1S/C12H18F6N2O/c1-9(19-20-6-4-2-3-5-7-20)8-10(21,11(13,14)15)12(16,17)18/h21H,2-8H2,1H3. The molecule has 0 aromatic heterocycles. The molecule has 0 aromatic carbocycles. The molecule has 1 N–H and O–H groups in total. The molecule has 1 fully saturated rings. The summed E-state index contributed by atoms with van der Waals surface area (Å²) in [6.07, 6.45) is -9.72. The van der Waals surface area contributed by atoms with E-state index in [1.165, 1.54) is 5.01 Å². The van der Waals surface area contributed by atoms with Crippen molar-refractivity contribution < 1.29 is 31.4 Å². The summed E-state index contributed by atoms with van der Waals surface area (Å²) in [4.78, 5) is 0. The highest BCUT2D eigenvalue weighted by Gasteiger charge is 2.70. The third-order valence-corrected chi connectivity index (χ3v) is 3.34. The van der Waals surface area contributed by atoms with Crippen LogP contribution in [0.4, 0.5) is 26.3 Å². The summed E-state index contributed by atoms with van der Waals surface area (Å²) in [6.45, 7) is 2.05. The van der Waals surface area contributed by atoms with Crippen molar-refractivity contribution in [3.63, 3.8) is 0 Å². The first-order valence-corrected chi connectivity index (χ1v) is 6.62. The van der Waals surface area contributed by atoms with E-state index >= 15 is 0 Å². The van der Waals surface area contributed by atoms with E-state index in [0.717, 1.165) is 32.6 Å². The molecule has 1 aliphatic rings. The van der Waals surface area contributed by atoms with E-state index in [-0.39, 0.29) is 0 Å². The fraction of sp³-hybridized carbons (Fsp3) is 0.917. The van der Waals surface area contributed by atoms with E-state index in [2.05, 4.69) is 5.10 Å². The van der Waals surface area contributed by atoms with Gasteiger partial charge in [0.25, 0.3) is 5.60 Å². The van der Waals surface area contributed by atoms with Crippen LogP contribution in [0.1, 0.15) is 39.0 Å². The minimum absolute atomic E-state index is 0.394. The second-order valence-corrected chi connectivity index (χ2v) is 5.24. The van der Waals surface area contributed by atoms with E-state index < -0.39 is 30.1 Å². The van der Waals surface area contributed by atoms with Crippen molar-refractivity contribution >= 4 is 5.71 Å². The molecule has 0 amide bonds. The van der Waals surface area contributed by atoms with Gasteiger partial charge in [-0.3, -0.25) is 5.01 Å². The van der Waals surface area contributed by atoms with Crippen LogP contribution >= 0.6 is 0 Å². The molecule has 1 saturated heterocycles. The first kappa shape index (κ1) is 18.1. The van der Waals surface area contributed by atoms with Gasteiger partial charge in [-0.2, -0.15) is 31.4 Å². The van der Waals surface area contributed by atoms with Gasteiger partial charge >= 0.3 is 12.4 Å². The first-order chi connectivity index (χ1) is 9.47. The molecule has 3 nitrogen and oxygen atoms in total. The number of nitrogens with zero attached hydrogens (tertiary/aromatic N) is 2. The maximum Gasteiger partial charge on any atom is 0.426 e. The molecule has 124 valence electrons. The van der Waals surface area contributed by atoms with E-state index in [9.17, 15) is 26.3 Å². The lowest BCUT2D eigenvalue weighted by atomic mass is 9.95. The third kappa shape index (κ3) is 4.49. The molecule has 0 bridgehead atoms. The number of hydrogen-bond acceptors (Lipinski definition) is 3. The normalized spacial score (nSPS) is 19.6. The van der Waals surface area contributed by atoms with Gasteiger partial charge in [-0.05, 0) is 19.8 Å². The van der Waals surface area contributed by atoms with Crippen LogP contribution in [0.3, 0.4) is 0 Å². The molecule has 0 aliphatic carbocycles. The van der Waals surface area contributed by atoms with Crippen molar-refractivity contribution in [1.29, 1.82) is 0 Å². The maximum atomic E-state index is 12.6. The lowest BCUT2D eigenvalue weighted by Gasteiger charge is -2.32. The highest BCUT2D eigenvalue weighted by Crippen LogP contribution is 2.45. The number of hydrogen-bond donors (Lipinski definition) is 1. The summed E-state index contributed by atoms with van der Waals surface area (Å²) in [5.74, 6) is 0. The largest absolute Gasteiger partial charge is 0.426 e. The van der Waals surface area contributed by atoms with Crippen molar-refractivity contribution in [3.05, 3.63) is 0 Å². The Balaban J connectivity index is 2.88. The van der Waals surface area contributed by atoms with E-state index in [0.29, 0.717) is 13.1 Å². The van der Waals surface area contributed by atoms with Crippen molar-refractivity contribution in [2.75, 3.05) is 13.1 Å². The molecule has 0 atom stereocenters. The predicted molar refractivity (Wildman–Crippen MR) is 64.8 cm³/mol. The summed E-state index contributed by atoms with van der Waals surface area (Å²) in [5, 5.41) is 14.4. The molecule has 1 rings (SSSR count). The van der Waals surface area contributed by atoms with E-state index in [1.807, 2.05) is 0 Å². The quantitative estimate of drug-likeness (QED) is 0.638. The molecule has 0 unspecified atom stereocenters. The van der Waals surface area contributed by atoms with Crippen molar-refractivity contribution in [3.8, 4) is 0 Å². The zero-order valence-corrected chi connectivity index (χ0v) is 11.6. The number of rotatable bonds is 3. The maximum absolute atomic E-state index is 12.6. The molecule has 0 saturated carbocycles. The van der Waals surface area contributed by atoms with Crippen molar-refractivity contribution in [2.24, 2.45) is 5.10 Å². The van der Waals surface area contributed by atoms with Crippen LogP contribution in [0, 0.1) is 0 Å².